The fraction of sp³-hybridized carbons (Fsp3) is 0.429. The highest BCUT2D eigenvalue weighted by molar-refractivity contribution is 9.10. The molecule has 1 amide bonds. The number of hydrogen-bond donors (Lipinski definition) is 1. The van der Waals surface area contributed by atoms with E-state index in [1.54, 1.807) is 6.07 Å². The lowest BCUT2D eigenvalue weighted by Crippen LogP contribution is -2.24. The van der Waals surface area contributed by atoms with Crippen LogP contribution in [0.25, 0.3) is 0 Å². The molecule has 98 valence electrons. The van der Waals surface area contributed by atoms with Crippen molar-refractivity contribution < 1.29 is 4.79 Å². The van der Waals surface area contributed by atoms with Crippen molar-refractivity contribution in [2.24, 2.45) is 16.9 Å². The Labute approximate surface area is 117 Å². The van der Waals surface area contributed by atoms with Gasteiger partial charge in [-0.25, -0.2) is 5.43 Å². The summed E-state index contributed by atoms with van der Waals surface area (Å²) in [5.41, 5.74) is 4.21. The number of rotatable bonds is 4. The van der Waals surface area contributed by atoms with Gasteiger partial charge in [0.25, 0.3) is 5.91 Å². The molecule has 18 heavy (non-hydrogen) atoms. The van der Waals surface area contributed by atoms with Gasteiger partial charge in [0.05, 0.1) is 5.56 Å². The fourth-order valence-corrected chi connectivity index (χ4v) is 2.21. The fourth-order valence-electron chi connectivity index (χ4n) is 1.75. The zero-order valence-electron chi connectivity index (χ0n) is 11.2. The van der Waals surface area contributed by atoms with E-state index in [-0.39, 0.29) is 5.91 Å². The van der Waals surface area contributed by atoms with Crippen molar-refractivity contribution in [2.45, 2.75) is 27.7 Å². The van der Waals surface area contributed by atoms with Crippen molar-refractivity contribution in [1.82, 2.24) is 5.43 Å². The lowest BCUT2D eigenvalue weighted by atomic mass is 9.98. The topological polar surface area (TPSA) is 41.5 Å². The highest BCUT2D eigenvalue weighted by atomic mass is 79.9. The second-order valence-electron chi connectivity index (χ2n) is 4.77. The van der Waals surface area contributed by atoms with Crippen molar-refractivity contribution in [3.05, 3.63) is 34.3 Å². The van der Waals surface area contributed by atoms with E-state index in [2.05, 4.69) is 54.2 Å². The average molecular weight is 311 g/mol. The minimum Gasteiger partial charge on any atom is -0.267 e. The molecule has 1 aromatic rings. The molecule has 0 fully saturated rings. The number of halogens is 1. The molecular weight excluding hydrogens is 292 g/mol. The molecule has 0 saturated carbocycles. The van der Waals surface area contributed by atoms with Gasteiger partial charge >= 0.3 is 0 Å². The highest BCUT2D eigenvalue weighted by Crippen LogP contribution is 2.15. The maximum absolute atomic E-state index is 12.0. The average Bonchev–Trinajstić information content (AvgIpc) is 2.28. The molecule has 1 N–H and O–H groups in total. The van der Waals surface area contributed by atoms with Gasteiger partial charge in [0.15, 0.2) is 0 Å². The van der Waals surface area contributed by atoms with Crippen molar-refractivity contribution in [1.29, 1.82) is 0 Å². The first-order chi connectivity index (χ1) is 8.43. The predicted molar refractivity (Wildman–Crippen MR) is 78.7 cm³/mol. The van der Waals surface area contributed by atoms with Gasteiger partial charge in [-0.15, -0.1) is 0 Å². The van der Waals surface area contributed by atoms with Crippen LogP contribution >= 0.6 is 15.9 Å². The molecular formula is C14H19BrN2O. The molecule has 0 aliphatic rings. The van der Waals surface area contributed by atoms with Crippen LogP contribution < -0.4 is 5.43 Å². The van der Waals surface area contributed by atoms with Crippen LogP contribution in [-0.4, -0.2) is 11.6 Å². The molecule has 0 saturated heterocycles. The normalized spacial score (nSPS) is 10.6. The summed E-state index contributed by atoms with van der Waals surface area (Å²) in [6, 6.07) is 7.30. The summed E-state index contributed by atoms with van der Waals surface area (Å²) in [6.07, 6.45) is 0. The third-order valence-electron chi connectivity index (χ3n) is 2.59. The van der Waals surface area contributed by atoms with Gasteiger partial charge < -0.3 is 0 Å². The van der Waals surface area contributed by atoms with E-state index >= 15 is 0 Å². The molecule has 1 rings (SSSR count). The number of nitrogens with one attached hydrogen (secondary N) is 1. The molecule has 0 aliphatic heterocycles. The Bertz CT molecular complexity index is 443. The minimum atomic E-state index is -0.193. The number of hydrazone groups is 1. The van der Waals surface area contributed by atoms with E-state index in [4.69, 9.17) is 0 Å². The first-order valence-corrected chi connectivity index (χ1v) is 6.85. The number of hydrogen-bond acceptors (Lipinski definition) is 2. The van der Waals surface area contributed by atoms with Gasteiger partial charge in [0.2, 0.25) is 0 Å². The summed E-state index contributed by atoms with van der Waals surface area (Å²) in [7, 11) is 0. The molecule has 0 heterocycles. The minimum absolute atomic E-state index is 0.193. The van der Waals surface area contributed by atoms with Crippen LogP contribution in [-0.2, 0) is 0 Å². The lowest BCUT2D eigenvalue weighted by molar-refractivity contribution is 0.0953. The second-order valence-corrected chi connectivity index (χ2v) is 5.62. The maximum atomic E-state index is 12.0. The zero-order chi connectivity index (χ0) is 13.7. The number of nitrogens with zero attached hydrogens (tertiary/aromatic N) is 1. The predicted octanol–water partition coefficient (Wildman–Crippen LogP) is 3.85. The standard InChI is InChI=1S/C14H19BrN2O/c1-9(2)13(10(3)4)16-17-14(18)11-7-5-6-8-12(11)15/h5-10H,1-4H3,(H,17,18). The largest absolute Gasteiger partial charge is 0.272 e. The Morgan fingerprint density at radius 1 is 1.17 bits per heavy atom. The van der Waals surface area contributed by atoms with Crippen LogP contribution in [0.2, 0.25) is 0 Å². The molecule has 0 atom stereocenters. The SMILES string of the molecule is CC(C)C(=NNC(=O)c1ccccc1Br)C(C)C. The van der Waals surface area contributed by atoms with Crippen LogP contribution in [0.1, 0.15) is 38.1 Å². The Kier molecular flexibility index (Phi) is 5.54. The van der Waals surface area contributed by atoms with Crippen LogP contribution in [0.15, 0.2) is 33.8 Å². The summed E-state index contributed by atoms with van der Waals surface area (Å²) >= 11 is 3.35. The van der Waals surface area contributed by atoms with Crippen LogP contribution in [0.5, 0.6) is 0 Å². The summed E-state index contributed by atoms with van der Waals surface area (Å²) in [5.74, 6) is 0.454. The van der Waals surface area contributed by atoms with E-state index in [1.165, 1.54) is 0 Å². The first kappa shape index (κ1) is 14.9. The number of amides is 1. The quantitative estimate of drug-likeness (QED) is 0.666. The van der Waals surface area contributed by atoms with Gasteiger partial charge in [-0.3, -0.25) is 4.79 Å². The summed E-state index contributed by atoms with van der Waals surface area (Å²) < 4.78 is 0.772. The smallest absolute Gasteiger partial charge is 0.267 e. The number of carbonyl (C=O) groups excluding carboxylic acids is 1. The molecule has 1 aromatic carbocycles. The maximum Gasteiger partial charge on any atom is 0.272 e. The summed E-state index contributed by atoms with van der Waals surface area (Å²) in [6.45, 7) is 8.29. The summed E-state index contributed by atoms with van der Waals surface area (Å²) in [4.78, 5) is 12.0. The first-order valence-electron chi connectivity index (χ1n) is 6.05. The molecule has 0 aromatic heterocycles. The van der Waals surface area contributed by atoms with Crippen LogP contribution in [0.3, 0.4) is 0 Å². The number of carbonyl (C=O) groups is 1. The molecule has 0 unspecified atom stereocenters. The van der Waals surface area contributed by atoms with Crippen molar-refractivity contribution >= 4 is 27.5 Å². The van der Waals surface area contributed by atoms with E-state index in [9.17, 15) is 4.79 Å². The van der Waals surface area contributed by atoms with Crippen molar-refractivity contribution in [3.8, 4) is 0 Å². The molecule has 0 spiro atoms. The van der Waals surface area contributed by atoms with E-state index in [0.29, 0.717) is 17.4 Å². The third-order valence-corrected chi connectivity index (χ3v) is 3.28. The van der Waals surface area contributed by atoms with E-state index in [1.807, 2.05) is 18.2 Å². The molecule has 0 bridgehead atoms. The highest BCUT2D eigenvalue weighted by Gasteiger charge is 2.12. The monoisotopic (exact) mass is 310 g/mol. The Balaban J connectivity index is 2.83. The molecule has 4 heteroatoms. The van der Waals surface area contributed by atoms with Crippen LogP contribution in [0.4, 0.5) is 0 Å². The summed E-state index contributed by atoms with van der Waals surface area (Å²) in [5, 5.41) is 4.24. The van der Waals surface area contributed by atoms with Gasteiger partial charge in [-0.2, -0.15) is 5.10 Å². The lowest BCUT2D eigenvalue weighted by Gasteiger charge is -2.13. The van der Waals surface area contributed by atoms with E-state index < -0.39 is 0 Å². The van der Waals surface area contributed by atoms with Gasteiger partial charge in [0, 0.05) is 10.2 Å². The van der Waals surface area contributed by atoms with Gasteiger partial charge in [-0.1, -0.05) is 39.8 Å². The van der Waals surface area contributed by atoms with Crippen molar-refractivity contribution in [3.63, 3.8) is 0 Å². The zero-order valence-corrected chi connectivity index (χ0v) is 12.8. The Morgan fingerprint density at radius 2 is 1.72 bits per heavy atom. The molecule has 0 aliphatic carbocycles. The Morgan fingerprint density at radius 3 is 2.22 bits per heavy atom. The van der Waals surface area contributed by atoms with E-state index in [0.717, 1.165) is 10.2 Å². The number of benzene rings is 1. The van der Waals surface area contributed by atoms with Gasteiger partial charge in [-0.05, 0) is 39.9 Å². The molecule has 0 radical (unpaired) electrons. The molecule has 3 nitrogen and oxygen atoms in total. The third kappa shape index (κ3) is 3.95. The second kappa shape index (κ2) is 6.69. The van der Waals surface area contributed by atoms with Crippen LogP contribution in [0, 0.1) is 11.8 Å². The van der Waals surface area contributed by atoms with Gasteiger partial charge in [0.1, 0.15) is 0 Å². The Hall–Kier alpha value is -1.16. The van der Waals surface area contributed by atoms with Crippen molar-refractivity contribution in [2.75, 3.05) is 0 Å².